The third kappa shape index (κ3) is 3.23. The number of nitrogens with zero attached hydrogens (tertiary/aromatic N) is 3. The number of hydrogen-bond donors (Lipinski definition) is 1. The maximum atomic E-state index is 12.8. The molecule has 0 bridgehead atoms. The van der Waals surface area contributed by atoms with Crippen LogP contribution in [-0.2, 0) is 0 Å². The van der Waals surface area contributed by atoms with Crippen molar-refractivity contribution < 1.29 is 9.72 Å². The summed E-state index contributed by atoms with van der Waals surface area (Å²) < 4.78 is 1.06. The van der Waals surface area contributed by atoms with Gasteiger partial charge in [-0.1, -0.05) is 12.1 Å². The lowest BCUT2D eigenvalue weighted by molar-refractivity contribution is -0.384. The van der Waals surface area contributed by atoms with Gasteiger partial charge in [0.15, 0.2) is 0 Å². The first-order valence-electron chi connectivity index (χ1n) is 8.01. The number of hydrogen-bond acceptors (Lipinski definition) is 6. The topological polar surface area (TPSA) is 88.4 Å². The van der Waals surface area contributed by atoms with E-state index in [0.29, 0.717) is 5.69 Å². The lowest BCUT2D eigenvalue weighted by Gasteiger charge is -2.23. The predicted octanol–water partition coefficient (Wildman–Crippen LogP) is 4.08. The van der Waals surface area contributed by atoms with Gasteiger partial charge in [0.05, 0.1) is 21.2 Å². The second-order valence-corrected chi connectivity index (χ2v) is 6.91. The molecule has 0 aliphatic heterocycles. The Bertz CT molecular complexity index is 952. The number of aromatic nitrogens is 1. The fraction of sp³-hybridized carbons (Fsp3) is 0.222. The molecule has 1 N–H and O–H groups in total. The van der Waals surface area contributed by atoms with Crippen molar-refractivity contribution in [3.63, 3.8) is 0 Å². The van der Waals surface area contributed by atoms with E-state index in [4.69, 9.17) is 0 Å². The molecule has 7 nitrogen and oxygen atoms in total. The molecule has 8 heteroatoms. The molecule has 134 valence electrons. The van der Waals surface area contributed by atoms with Gasteiger partial charge in [-0.2, -0.15) is 0 Å². The number of thiazole rings is 1. The van der Waals surface area contributed by atoms with E-state index >= 15 is 0 Å². The molecule has 0 saturated heterocycles. The summed E-state index contributed by atoms with van der Waals surface area (Å²) >= 11 is 1.54. The zero-order valence-electron chi connectivity index (χ0n) is 14.6. The monoisotopic (exact) mass is 370 g/mol. The molecule has 0 fully saturated rings. The average molecular weight is 370 g/mol. The Balaban J connectivity index is 1.89. The first kappa shape index (κ1) is 17.8. The summed E-state index contributed by atoms with van der Waals surface area (Å²) in [5, 5.41) is 14.8. The number of nitro groups is 1. The maximum absolute atomic E-state index is 12.8. The van der Waals surface area contributed by atoms with Crippen molar-refractivity contribution in [2.75, 3.05) is 19.4 Å². The summed E-state index contributed by atoms with van der Waals surface area (Å²) in [5.41, 5.74) is 1.41. The highest BCUT2D eigenvalue weighted by atomic mass is 32.1. The minimum Gasteiger partial charge on any atom is -0.383 e. The summed E-state index contributed by atoms with van der Waals surface area (Å²) in [7, 11) is 3.28. The molecular formula is C18H18N4O3S. The molecule has 1 aromatic heterocycles. The highest BCUT2D eigenvalue weighted by Crippen LogP contribution is 2.31. The normalized spacial score (nSPS) is 12.0. The molecule has 1 heterocycles. The van der Waals surface area contributed by atoms with E-state index in [9.17, 15) is 14.9 Å². The van der Waals surface area contributed by atoms with Gasteiger partial charge in [0.2, 0.25) is 0 Å². The Morgan fingerprint density at radius 1 is 1.31 bits per heavy atom. The summed E-state index contributed by atoms with van der Waals surface area (Å²) in [6.07, 6.45) is 0. The van der Waals surface area contributed by atoms with Gasteiger partial charge < -0.3 is 10.2 Å². The third-order valence-corrected chi connectivity index (χ3v) is 5.49. The van der Waals surface area contributed by atoms with Crippen molar-refractivity contribution in [3.05, 3.63) is 63.1 Å². The molecular weight excluding hydrogens is 352 g/mol. The van der Waals surface area contributed by atoms with Crippen LogP contribution in [0.3, 0.4) is 0 Å². The van der Waals surface area contributed by atoms with Gasteiger partial charge in [-0.3, -0.25) is 14.9 Å². The van der Waals surface area contributed by atoms with Crippen molar-refractivity contribution in [1.29, 1.82) is 0 Å². The minimum atomic E-state index is -0.500. The van der Waals surface area contributed by atoms with Crippen LogP contribution >= 0.6 is 11.3 Å². The largest absolute Gasteiger partial charge is 0.383 e. The molecule has 0 radical (unpaired) electrons. The van der Waals surface area contributed by atoms with Crippen molar-refractivity contribution in [1.82, 2.24) is 9.88 Å². The number of carbonyl (C=O) groups is 1. The van der Waals surface area contributed by atoms with E-state index < -0.39 is 4.92 Å². The lowest BCUT2D eigenvalue weighted by atomic mass is 10.1. The summed E-state index contributed by atoms with van der Waals surface area (Å²) in [5.74, 6) is -0.289. The van der Waals surface area contributed by atoms with E-state index in [1.807, 2.05) is 31.2 Å². The van der Waals surface area contributed by atoms with E-state index in [-0.39, 0.29) is 23.2 Å². The Labute approximate surface area is 154 Å². The standard InChI is InChI=1S/C18H18N4O3S/c1-11(17-20-14-6-4-5-7-16(14)26-17)21(3)18(23)12-8-9-13(19-2)15(10-12)22(24)25/h4-11,19H,1-3H3/t11-/m1/s1. The van der Waals surface area contributed by atoms with Crippen LogP contribution in [0.15, 0.2) is 42.5 Å². The molecule has 0 aliphatic rings. The number of benzene rings is 2. The summed E-state index contributed by atoms with van der Waals surface area (Å²) in [6, 6.07) is 12.0. The Hall–Kier alpha value is -3.00. The predicted molar refractivity (Wildman–Crippen MR) is 103 cm³/mol. The number of nitrogens with one attached hydrogen (secondary N) is 1. The highest BCUT2D eigenvalue weighted by molar-refractivity contribution is 7.18. The third-order valence-electron chi connectivity index (χ3n) is 4.28. The maximum Gasteiger partial charge on any atom is 0.293 e. The number of fused-ring (bicyclic) bond motifs is 1. The molecule has 3 rings (SSSR count). The van der Waals surface area contributed by atoms with Crippen molar-refractivity contribution >= 4 is 38.8 Å². The van der Waals surface area contributed by atoms with Crippen molar-refractivity contribution in [2.45, 2.75) is 13.0 Å². The number of amides is 1. The quantitative estimate of drug-likeness (QED) is 0.540. The lowest BCUT2D eigenvalue weighted by Crippen LogP contribution is -2.29. The number of carbonyl (C=O) groups excluding carboxylic acids is 1. The number of anilines is 1. The second-order valence-electron chi connectivity index (χ2n) is 5.85. The Morgan fingerprint density at radius 3 is 2.69 bits per heavy atom. The smallest absolute Gasteiger partial charge is 0.293 e. The van der Waals surface area contributed by atoms with E-state index in [0.717, 1.165) is 15.2 Å². The molecule has 1 amide bonds. The Morgan fingerprint density at radius 2 is 2.04 bits per heavy atom. The second kappa shape index (κ2) is 7.09. The number of rotatable bonds is 5. The molecule has 1 atom stereocenters. The van der Waals surface area contributed by atoms with Crippen LogP contribution in [-0.4, -0.2) is 34.8 Å². The molecule has 3 aromatic rings. The zero-order valence-corrected chi connectivity index (χ0v) is 15.4. The molecule has 0 saturated carbocycles. The van der Waals surface area contributed by atoms with Crippen LogP contribution in [0.2, 0.25) is 0 Å². The van der Waals surface area contributed by atoms with Gasteiger partial charge in [-0.15, -0.1) is 11.3 Å². The number of nitro benzene ring substituents is 1. The molecule has 0 unspecified atom stereocenters. The minimum absolute atomic E-state index is 0.126. The highest BCUT2D eigenvalue weighted by Gasteiger charge is 2.24. The molecule has 26 heavy (non-hydrogen) atoms. The summed E-state index contributed by atoms with van der Waals surface area (Å²) in [6.45, 7) is 1.89. The fourth-order valence-electron chi connectivity index (χ4n) is 2.64. The molecule has 2 aromatic carbocycles. The van der Waals surface area contributed by atoms with Gasteiger partial charge in [0.25, 0.3) is 11.6 Å². The fourth-order valence-corrected chi connectivity index (χ4v) is 3.70. The SMILES string of the molecule is CNc1ccc(C(=O)N(C)[C@H](C)c2nc3ccccc3s2)cc1[N+](=O)[O-]. The van der Waals surface area contributed by atoms with Crippen LogP contribution in [0.4, 0.5) is 11.4 Å². The van der Waals surface area contributed by atoms with Gasteiger partial charge >= 0.3 is 0 Å². The van der Waals surface area contributed by atoms with Crippen LogP contribution in [0, 0.1) is 10.1 Å². The first-order chi connectivity index (χ1) is 12.4. The van der Waals surface area contributed by atoms with E-state index in [1.165, 1.54) is 17.4 Å². The van der Waals surface area contributed by atoms with Crippen molar-refractivity contribution in [3.8, 4) is 0 Å². The van der Waals surface area contributed by atoms with Crippen LogP contribution in [0.25, 0.3) is 10.2 Å². The first-order valence-corrected chi connectivity index (χ1v) is 8.83. The van der Waals surface area contributed by atoms with E-state index in [2.05, 4.69) is 10.3 Å². The van der Waals surface area contributed by atoms with Gasteiger partial charge in [-0.05, 0) is 31.2 Å². The van der Waals surface area contributed by atoms with Crippen LogP contribution < -0.4 is 5.32 Å². The van der Waals surface area contributed by atoms with Crippen LogP contribution in [0.5, 0.6) is 0 Å². The van der Waals surface area contributed by atoms with Gasteiger partial charge in [0.1, 0.15) is 10.7 Å². The number of para-hydroxylation sites is 1. The van der Waals surface area contributed by atoms with Gasteiger partial charge in [-0.25, -0.2) is 4.98 Å². The zero-order chi connectivity index (χ0) is 18.8. The van der Waals surface area contributed by atoms with E-state index in [1.54, 1.807) is 31.1 Å². The van der Waals surface area contributed by atoms with Crippen molar-refractivity contribution in [2.24, 2.45) is 0 Å². The average Bonchev–Trinajstić information content (AvgIpc) is 3.09. The molecule has 0 spiro atoms. The molecule has 0 aliphatic carbocycles. The summed E-state index contributed by atoms with van der Waals surface area (Å²) in [4.78, 5) is 29.7. The van der Waals surface area contributed by atoms with Gasteiger partial charge in [0, 0.05) is 25.7 Å². The Kier molecular flexibility index (Phi) is 4.85. The van der Waals surface area contributed by atoms with Crippen LogP contribution in [0.1, 0.15) is 28.3 Å².